The van der Waals surface area contributed by atoms with Crippen LogP contribution in [-0.4, -0.2) is 43.9 Å². The van der Waals surface area contributed by atoms with E-state index < -0.39 is 32.3 Å². The molecule has 164 valence electrons. The van der Waals surface area contributed by atoms with Gasteiger partial charge in [0.15, 0.2) is 11.6 Å². The van der Waals surface area contributed by atoms with E-state index in [0.717, 1.165) is 31.9 Å². The minimum Gasteiger partial charge on any atom is -0.290 e. The van der Waals surface area contributed by atoms with Crippen molar-refractivity contribution in [1.29, 1.82) is 0 Å². The molecule has 0 bridgehead atoms. The lowest BCUT2D eigenvalue weighted by atomic mass is 9.98. The van der Waals surface area contributed by atoms with E-state index in [0.29, 0.717) is 0 Å². The van der Waals surface area contributed by atoms with Gasteiger partial charge in [0, 0.05) is 0 Å². The Labute approximate surface area is 188 Å². The molecule has 0 atom stereocenters. The molecule has 0 unspecified atom stereocenters. The quantitative estimate of drug-likeness (QED) is 0.428. The molecule has 0 saturated heterocycles. The van der Waals surface area contributed by atoms with Gasteiger partial charge in [0.2, 0.25) is 0 Å². The highest BCUT2D eigenvalue weighted by molar-refractivity contribution is 6.94. The van der Waals surface area contributed by atoms with Gasteiger partial charge in [-0.3, -0.25) is 9.59 Å². The second-order valence-electron chi connectivity index (χ2n) is 12.8. The molecule has 0 saturated carbocycles. The lowest BCUT2D eigenvalue weighted by molar-refractivity contribution is -0.112. The number of Topliss-reactive ketones (excluding diaryl/α,β-unsaturated/α-hetero) is 2. The molecule has 2 rings (SSSR count). The molecule has 0 heterocycles. The number of carbonyl (C=O) groups is 2. The highest BCUT2D eigenvalue weighted by Crippen LogP contribution is 2.36. The Kier molecular flexibility index (Phi) is 6.54. The molecule has 2 aliphatic carbocycles. The summed E-state index contributed by atoms with van der Waals surface area (Å²) in [5, 5.41) is 4.08. The predicted molar refractivity (Wildman–Crippen MR) is 143 cm³/mol. The number of rotatable bonds is 4. The maximum Gasteiger partial charge on any atom is 0.177 e. The first-order chi connectivity index (χ1) is 13.2. The fourth-order valence-corrected chi connectivity index (χ4v) is 9.69. The molecular formula is C24H40O2Si4. The minimum atomic E-state index is -1.80. The van der Waals surface area contributed by atoms with Crippen molar-refractivity contribution in [3.63, 3.8) is 0 Å². The van der Waals surface area contributed by atoms with Gasteiger partial charge in [-0.1, -0.05) is 103 Å². The van der Waals surface area contributed by atoms with E-state index in [-0.39, 0.29) is 11.6 Å². The molecule has 0 aliphatic heterocycles. The molecule has 0 fully saturated rings. The number of hydrogen-bond donors (Lipinski definition) is 0. The van der Waals surface area contributed by atoms with Gasteiger partial charge in [-0.25, -0.2) is 0 Å². The summed E-state index contributed by atoms with van der Waals surface area (Å²) in [5.41, 5.74) is 2.26. The molecule has 2 nitrogen and oxygen atoms in total. The number of carbonyl (C=O) groups excluding carboxylic acids is 2. The van der Waals surface area contributed by atoms with E-state index in [4.69, 9.17) is 0 Å². The second kappa shape index (κ2) is 7.80. The van der Waals surface area contributed by atoms with Gasteiger partial charge < -0.3 is 0 Å². The largest absolute Gasteiger partial charge is 0.290 e. The fourth-order valence-electron chi connectivity index (χ4n) is 3.82. The van der Waals surface area contributed by atoms with Gasteiger partial charge in [0.25, 0.3) is 0 Å². The molecule has 0 amide bonds. The number of ketones is 2. The third-order valence-electron chi connectivity index (χ3n) is 5.74. The van der Waals surface area contributed by atoms with Crippen molar-refractivity contribution in [2.75, 3.05) is 0 Å². The van der Waals surface area contributed by atoms with Gasteiger partial charge in [0.05, 0.1) is 32.3 Å². The molecule has 2 aliphatic rings. The van der Waals surface area contributed by atoms with E-state index >= 15 is 0 Å². The highest BCUT2D eigenvalue weighted by Gasteiger charge is 2.38. The average Bonchev–Trinajstić information content (AvgIpc) is 2.50. The van der Waals surface area contributed by atoms with Gasteiger partial charge in [-0.2, -0.15) is 0 Å². The van der Waals surface area contributed by atoms with Crippen LogP contribution in [-0.2, 0) is 9.59 Å². The molecule has 0 aromatic heterocycles. The smallest absolute Gasteiger partial charge is 0.177 e. The standard InChI is InChI=1S/C24H40O2Si4/c1-27(2,3)19-13-17(14-20(23(19)25)28(4,5)6)18-15-21(29(7,8)9)24(26)22(16-18)30(10,11)12/h13-16H,1-12H3. The van der Waals surface area contributed by atoms with Gasteiger partial charge in [-0.05, 0) is 31.9 Å². The Hall–Kier alpha value is -1.09. The zero-order valence-electron chi connectivity index (χ0n) is 21.1. The van der Waals surface area contributed by atoms with Gasteiger partial charge in [-0.15, -0.1) is 0 Å². The predicted octanol–water partition coefficient (Wildman–Crippen LogP) is 6.66. The van der Waals surface area contributed by atoms with Crippen LogP contribution in [0.3, 0.4) is 0 Å². The first-order valence-corrected chi connectivity index (χ1v) is 25.0. The van der Waals surface area contributed by atoms with Gasteiger partial charge in [0.1, 0.15) is 0 Å². The molecule has 6 heteroatoms. The maximum atomic E-state index is 13.4. The molecule has 0 aromatic rings. The average molecular weight is 473 g/mol. The summed E-state index contributed by atoms with van der Waals surface area (Å²) >= 11 is 0. The van der Waals surface area contributed by atoms with Crippen LogP contribution in [0.5, 0.6) is 0 Å². The van der Waals surface area contributed by atoms with E-state index in [1.54, 1.807) is 0 Å². The minimum absolute atomic E-state index is 0.272. The highest BCUT2D eigenvalue weighted by atomic mass is 28.3. The molecule has 0 radical (unpaired) electrons. The van der Waals surface area contributed by atoms with Crippen molar-refractivity contribution in [2.24, 2.45) is 0 Å². The number of allylic oxidation sites excluding steroid dienone is 10. The normalized spacial score (nSPS) is 19.5. The molecule has 0 N–H and O–H groups in total. The summed E-state index contributed by atoms with van der Waals surface area (Å²) < 4.78 is 0. The Morgan fingerprint density at radius 1 is 0.400 bits per heavy atom. The third kappa shape index (κ3) is 5.20. The van der Waals surface area contributed by atoms with Crippen molar-refractivity contribution in [2.45, 2.75) is 78.6 Å². The first kappa shape index (κ1) is 25.2. The Morgan fingerprint density at radius 3 is 0.700 bits per heavy atom. The van der Waals surface area contributed by atoms with Crippen LogP contribution >= 0.6 is 0 Å². The van der Waals surface area contributed by atoms with Crippen molar-refractivity contribution >= 4 is 43.9 Å². The van der Waals surface area contributed by atoms with Crippen LogP contribution in [0.2, 0.25) is 78.6 Å². The summed E-state index contributed by atoms with van der Waals surface area (Å²) in [6, 6.07) is 0. The lowest BCUT2D eigenvalue weighted by Crippen LogP contribution is -2.39. The summed E-state index contributed by atoms with van der Waals surface area (Å²) in [6.45, 7) is 27.0. The zero-order chi connectivity index (χ0) is 23.4. The molecule has 0 spiro atoms. The number of hydrogen-bond acceptors (Lipinski definition) is 2. The van der Waals surface area contributed by atoms with Gasteiger partial charge >= 0.3 is 0 Å². The lowest BCUT2D eigenvalue weighted by Gasteiger charge is -2.32. The van der Waals surface area contributed by atoms with Crippen LogP contribution in [0.15, 0.2) is 56.2 Å². The van der Waals surface area contributed by atoms with E-state index in [1.807, 2.05) is 0 Å². The molecular weight excluding hydrogens is 433 g/mol. The van der Waals surface area contributed by atoms with Crippen molar-refractivity contribution in [3.8, 4) is 0 Å². The first-order valence-electron chi connectivity index (χ1n) is 11.0. The van der Waals surface area contributed by atoms with E-state index in [2.05, 4.69) is 103 Å². The van der Waals surface area contributed by atoms with Crippen LogP contribution in [0.4, 0.5) is 0 Å². The SMILES string of the molecule is C[Si](C)(C)C1=CC(=C2C=C([Si](C)(C)C)C(=O)C([Si](C)(C)C)=C2)C=C([Si](C)(C)C)C1=O. The van der Waals surface area contributed by atoms with E-state index in [1.165, 1.54) is 0 Å². The third-order valence-corrected chi connectivity index (χ3v) is 13.7. The maximum absolute atomic E-state index is 13.4. The van der Waals surface area contributed by atoms with Crippen LogP contribution in [0, 0.1) is 0 Å². The Morgan fingerprint density at radius 2 is 0.567 bits per heavy atom. The van der Waals surface area contributed by atoms with Crippen molar-refractivity contribution < 1.29 is 9.59 Å². The fraction of sp³-hybridized carbons (Fsp3) is 0.500. The van der Waals surface area contributed by atoms with Crippen LogP contribution in [0.25, 0.3) is 0 Å². The molecule has 0 aromatic carbocycles. The second-order valence-corrected chi connectivity index (χ2v) is 33.0. The summed E-state index contributed by atoms with van der Waals surface area (Å²) in [7, 11) is -7.19. The topological polar surface area (TPSA) is 34.1 Å². The summed E-state index contributed by atoms with van der Waals surface area (Å²) in [4.78, 5) is 26.8. The Bertz CT molecular complexity index is 795. The zero-order valence-corrected chi connectivity index (χ0v) is 25.1. The van der Waals surface area contributed by atoms with Crippen molar-refractivity contribution in [3.05, 3.63) is 56.2 Å². The molecule has 30 heavy (non-hydrogen) atoms. The summed E-state index contributed by atoms with van der Waals surface area (Å²) in [6.07, 6.45) is 8.61. The monoisotopic (exact) mass is 472 g/mol. The van der Waals surface area contributed by atoms with Crippen LogP contribution in [0.1, 0.15) is 0 Å². The van der Waals surface area contributed by atoms with Crippen LogP contribution < -0.4 is 0 Å². The summed E-state index contributed by atoms with van der Waals surface area (Å²) in [5.74, 6) is 0.543. The van der Waals surface area contributed by atoms with E-state index in [9.17, 15) is 9.59 Å². The Balaban J connectivity index is 2.92. The van der Waals surface area contributed by atoms with Crippen molar-refractivity contribution in [1.82, 2.24) is 0 Å².